The van der Waals surface area contributed by atoms with Crippen LogP contribution in [0.1, 0.15) is 27.2 Å². The minimum atomic E-state index is -0.659. The summed E-state index contributed by atoms with van der Waals surface area (Å²) in [5.74, 6) is -1.15. The fourth-order valence-corrected chi connectivity index (χ4v) is 1.31. The second-order valence-electron chi connectivity index (χ2n) is 4.95. The summed E-state index contributed by atoms with van der Waals surface area (Å²) in [6.07, 6.45) is 0.772. The molecular weight excluding hydrogens is 224 g/mol. The van der Waals surface area contributed by atoms with Gasteiger partial charge in [-0.2, -0.15) is 0 Å². The fraction of sp³-hybridized carbons (Fsp3) is 0.538. The number of rotatable bonds is 5. The van der Waals surface area contributed by atoms with Crippen LogP contribution < -0.4 is 10.1 Å². The second kappa shape index (κ2) is 5.96. The van der Waals surface area contributed by atoms with Crippen LogP contribution in [0.3, 0.4) is 0 Å². The molecule has 17 heavy (non-hydrogen) atoms. The van der Waals surface area contributed by atoms with E-state index >= 15 is 0 Å². The Bertz CT molecular complexity index is 361. The monoisotopic (exact) mass is 243 g/mol. The molecule has 0 saturated heterocycles. The average Bonchev–Trinajstić information content (AvgIpc) is 2.18. The van der Waals surface area contributed by atoms with Gasteiger partial charge in [0.1, 0.15) is 5.82 Å². The third-order valence-corrected chi connectivity index (χ3v) is 2.13. The number of halogens is 2. The molecule has 4 heteroatoms. The van der Waals surface area contributed by atoms with Gasteiger partial charge in [-0.3, -0.25) is 0 Å². The van der Waals surface area contributed by atoms with Gasteiger partial charge in [0.2, 0.25) is 0 Å². The van der Waals surface area contributed by atoms with Gasteiger partial charge in [0, 0.05) is 11.6 Å². The van der Waals surface area contributed by atoms with E-state index in [4.69, 9.17) is 4.74 Å². The first-order valence-corrected chi connectivity index (χ1v) is 5.71. The summed E-state index contributed by atoms with van der Waals surface area (Å²) in [5, 5.41) is 3.30. The molecule has 0 bridgehead atoms. The molecule has 0 radical (unpaired) electrons. The first-order chi connectivity index (χ1) is 7.88. The normalized spacial score (nSPS) is 11.6. The van der Waals surface area contributed by atoms with Crippen LogP contribution in [0, 0.1) is 11.6 Å². The van der Waals surface area contributed by atoms with Crippen LogP contribution in [-0.4, -0.2) is 18.7 Å². The molecule has 0 atom stereocenters. The fourth-order valence-electron chi connectivity index (χ4n) is 1.31. The average molecular weight is 243 g/mol. The molecule has 0 unspecified atom stereocenters. The highest BCUT2D eigenvalue weighted by Gasteiger charge is 2.08. The van der Waals surface area contributed by atoms with Crippen LogP contribution >= 0.6 is 0 Å². The van der Waals surface area contributed by atoms with Crippen LogP contribution in [0.5, 0.6) is 5.75 Å². The van der Waals surface area contributed by atoms with E-state index in [1.165, 1.54) is 12.1 Å². The van der Waals surface area contributed by atoms with Crippen molar-refractivity contribution in [3.63, 3.8) is 0 Å². The molecule has 96 valence electrons. The Morgan fingerprint density at radius 1 is 1.24 bits per heavy atom. The van der Waals surface area contributed by atoms with Gasteiger partial charge in [-0.1, -0.05) is 0 Å². The summed E-state index contributed by atoms with van der Waals surface area (Å²) in [7, 11) is 0. The number of hydrogen-bond acceptors (Lipinski definition) is 2. The van der Waals surface area contributed by atoms with E-state index in [-0.39, 0.29) is 11.3 Å². The van der Waals surface area contributed by atoms with E-state index in [0.29, 0.717) is 6.61 Å². The lowest BCUT2D eigenvalue weighted by atomic mass is 10.1. The maximum absolute atomic E-state index is 13.2. The molecule has 0 aliphatic heterocycles. The topological polar surface area (TPSA) is 21.3 Å². The van der Waals surface area contributed by atoms with Crippen molar-refractivity contribution in [1.82, 2.24) is 5.32 Å². The Morgan fingerprint density at radius 2 is 1.94 bits per heavy atom. The van der Waals surface area contributed by atoms with Crippen molar-refractivity contribution < 1.29 is 13.5 Å². The van der Waals surface area contributed by atoms with Crippen LogP contribution in [0.4, 0.5) is 8.78 Å². The van der Waals surface area contributed by atoms with Crippen LogP contribution in [0.2, 0.25) is 0 Å². The highest BCUT2D eigenvalue weighted by atomic mass is 19.1. The first-order valence-electron chi connectivity index (χ1n) is 5.71. The zero-order valence-electron chi connectivity index (χ0n) is 10.5. The summed E-state index contributed by atoms with van der Waals surface area (Å²) in [6.45, 7) is 7.44. The minimum absolute atomic E-state index is 0.0706. The molecule has 1 rings (SSSR count). The summed E-state index contributed by atoms with van der Waals surface area (Å²) in [6, 6.07) is 3.32. The Balaban J connectivity index is 2.27. The molecule has 0 spiro atoms. The summed E-state index contributed by atoms with van der Waals surface area (Å²) in [4.78, 5) is 0. The van der Waals surface area contributed by atoms with E-state index in [1.807, 2.05) is 0 Å². The lowest BCUT2D eigenvalue weighted by Crippen LogP contribution is -2.36. The van der Waals surface area contributed by atoms with E-state index < -0.39 is 11.6 Å². The van der Waals surface area contributed by atoms with Gasteiger partial charge in [-0.05, 0) is 45.9 Å². The third kappa shape index (κ3) is 5.63. The van der Waals surface area contributed by atoms with Crippen molar-refractivity contribution in [2.24, 2.45) is 0 Å². The molecule has 1 aromatic carbocycles. The lowest BCUT2D eigenvalue weighted by molar-refractivity contribution is 0.284. The van der Waals surface area contributed by atoms with Crippen molar-refractivity contribution >= 4 is 0 Å². The number of benzene rings is 1. The van der Waals surface area contributed by atoms with Crippen LogP contribution in [0.15, 0.2) is 18.2 Å². The highest BCUT2D eigenvalue weighted by Crippen LogP contribution is 2.17. The quantitative estimate of drug-likeness (QED) is 0.802. The van der Waals surface area contributed by atoms with E-state index in [0.717, 1.165) is 19.0 Å². The van der Waals surface area contributed by atoms with Crippen molar-refractivity contribution in [3.8, 4) is 5.75 Å². The number of nitrogens with one attached hydrogen (secondary N) is 1. The molecule has 0 amide bonds. The minimum Gasteiger partial charge on any atom is -0.490 e. The molecule has 0 aliphatic rings. The van der Waals surface area contributed by atoms with Gasteiger partial charge >= 0.3 is 0 Å². The Kier molecular flexibility index (Phi) is 4.87. The predicted molar refractivity (Wildman–Crippen MR) is 64.2 cm³/mol. The molecular formula is C13H19F2NO. The van der Waals surface area contributed by atoms with Gasteiger partial charge in [-0.15, -0.1) is 0 Å². The molecule has 1 aromatic rings. The zero-order chi connectivity index (χ0) is 12.9. The van der Waals surface area contributed by atoms with Crippen LogP contribution in [-0.2, 0) is 0 Å². The standard InChI is InChI=1S/C13H19F2NO/c1-13(2,3)16-7-4-8-17-12-6-5-10(14)9-11(12)15/h5-6,9,16H,4,7-8H2,1-3H3. The molecule has 1 N–H and O–H groups in total. The number of hydrogen-bond donors (Lipinski definition) is 1. The highest BCUT2D eigenvalue weighted by molar-refractivity contribution is 5.24. The molecule has 0 aliphatic carbocycles. The molecule has 0 heterocycles. The Labute approximate surface area is 101 Å². The largest absolute Gasteiger partial charge is 0.490 e. The lowest BCUT2D eigenvalue weighted by Gasteiger charge is -2.20. The number of ether oxygens (including phenoxy) is 1. The molecule has 2 nitrogen and oxygen atoms in total. The van der Waals surface area contributed by atoms with Gasteiger partial charge in [-0.25, -0.2) is 8.78 Å². The summed E-state index contributed by atoms with van der Waals surface area (Å²) >= 11 is 0. The van der Waals surface area contributed by atoms with Gasteiger partial charge in [0.25, 0.3) is 0 Å². The second-order valence-corrected chi connectivity index (χ2v) is 4.95. The smallest absolute Gasteiger partial charge is 0.167 e. The third-order valence-electron chi connectivity index (χ3n) is 2.13. The molecule has 0 fully saturated rings. The Hall–Kier alpha value is -1.16. The molecule has 0 saturated carbocycles. The maximum atomic E-state index is 13.2. The van der Waals surface area contributed by atoms with Gasteiger partial charge < -0.3 is 10.1 Å². The van der Waals surface area contributed by atoms with Crippen molar-refractivity contribution in [1.29, 1.82) is 0 Å². The SMILES string of the molecule is CC(C)(C)NCCCOc1ccc(F)cc1F. The van der Waals surface area contributed by atoms with Gasteiger partial charge in [0.15, 0.2) is 11.6 Å². The summed E-state index contributed by atoms with van der Waals surface area (Å²) in [5.41, 5.74) is 0.0706. The maximum Gasteiger partial charge on any atom is 0.167 e. The predicted octanol–water partition coefficient (Wildman–Crippen LogP) is 3.12. The Morgan fingerprint density at radius 3 is 2.53 bits per heavy atom. The molecule has 0 aromatic heterocycles. The van der Waals surface area contributed by atoms with E-state index in [1.54, 1.807) is 0 Å². The first kappa shape index (κ1) is 13.9. The van der Waals surface area contributed by atoms with Gasteiger partial charge in [0.05, 0.1) is 6.61 Å². The van der Waals surface area contributed by atoms with E-state index in [9.17, 15) is 8.78 Å². The zero-order valence-corrected chi connectivity index (χ0v) is 10.5. The van der Waals surface area contributed by atoms with Crippen LogP contribution in [0.25, 0.3) is 0 Å². The summed E-state index contributed by atoms with van der Waals surface area (Å²) < 4.78 is 31.0. The van der Waals surface area contributed by atoms with E-state index in [2.05, 4.69) is 26.1 Å². The van der Waals surface area contributed by atoms with Crippen molar-refractivity contribution in [2.45, 2.75) is 32.7 Å². The van der Waals surface area contributed by atoms with Crippen molar-refractivity contribution in [2.75, 3.05) is 13.2 Å². The van der Waals surface area contributed by atoms with Crippen molar-refractivity contribution in [3.05, 3.63) is 29.8 Å².